The molecule has 1 aromatic rings. The molecule has 3 heterocycles. The number of hydrogen-bond donors (Lipinski definition) is 0. The summed E-state index contributed by atoms with van der Waals surface area (Å²) in [6.45, 7) is 3.54. The second kappa shape index (κ2) is 7.59. The molecule has 0 radical (unpaired) electrons. The molecule has 0 bridgehead atoms. The summed E-state index contributed by atoms with van der Waals surface area (Å²) in [4.78, 5) is 20.9. The summed E-state index contributed by atoms with van der Waals surface area (Å²) >= 11 is 0. The molecule has 1 amide bonds. The molecular weight excluding hydrogens is 306 g/mol. The predicted molar refractivity (Wildman–Crippen MR) is 90.5 cm³/mol. The first kappa shape index (κ1) is 17.3. The third-order valence-corrected chi connectivity index (χ3v) is 5.07. The van der Waals surface area contributed by atoms with Gasteiger partial charge >= 0.3 is 0 Å². The van der Waals surface area contributed by atoms with Crippen molar-refractivity contribution in [1.29, 1.82) is 0 Å². The largest absolute Gasteiger partial charge is 0.377 e. The summed E-state index contributed by atoms with van der Waals surface area (Å²) in [7, 11) is 3.73. The number of aromatic nitrogens is 1. The molecule has 3 rings (SSSR count). The summed E-state index contributed by atoms with van der Waals surface area (Å²) in [5.74, 6) is 0.178. The van der Waals surface area contributed by atoms with Gasteiger partial charge in [-0.2, -0.15) is 0 Å². The first-order valence-electron chi connectivity index (χ1n) is 8.66. The van der Waals surface area contributed by atoms with Gasteiger partial charge in [-0.3, -0.25) is 9.78 Å². The predicted octanol–water partition coefficient (Wildman–Crippen LogP) is 1.31. The number of amides is 1. The molecule has 6 heteroatoms. The Bertz CT molecular complexity index is 546. The van der Waals surface area contributed by atoms with E-state index in [0.29, 0.717) is 19.5 Å². The maximum atomic E-state index is 12.6. The van der Waals surface area contributed by atoms with E-state index < -0.39 is 0 Å². The Balaban J connectivity index is 1.48. The van der Waals surface area contributed by atoms with Gasteiger partial charge in [-0.05, 0) is 32.0 Å². The highest BCUT2D eigenvalue weighted by Gasteiger charge is 2.51. The van der Waals surface area contributed by atoms with Gasteiger partial charge < -0.3 is 19.3 Å². The normalized spacial score (nSPS) is 26.6. The molecule has 0 aliphatic carbocycles. The fourth-order valence-corrected chi connectivity index (χ4v) is 3.72. The highest BCUT2D eigenvalue weighted by atomic mass is 16.6. The van der Waals surface area contributed by atoms with Crippen LogP contribution in [0.15, 0.2) is 24.4 Å². The number of nitrogens with zero attached hydrogens (tertiary/aromatic N) is 3. The third kappa shape index (κ3) is 3.77. The molecule has 2 fully saturated rings. The van der Waals surface area contributed by atoms with Crippen molar-refractivity contribution in [2.45, 2.75) is 37.5 Å². The topological polar surface area (TPSA) is 54.9 Å². The first-order valence-corrected chi connectivity index (χ1v) is 8.66. The highest BCUT2D eigenvalue weighted by Crippen LogP contribution is 2.36. The number of hydrogen-bond acceptors (Lipinski definition) is 5. The second-order valence-electron chi connectivity index (χ2n) is 6.82. The van der Waals surface area contributed by atoms with Crippen molar-refractivity contribution in [2.24, 2.45) is 0 Å². The third-order valence-electron chi connectivity index (χ3n) is 5.07. The van der Waals surface area contributed by atoms with Gasteiger partial charge in [0.1, 0.15) is 11.7 Å². The summed E-state index contributed by atoms with van der Waals surface area (Å²) in [5.41, 5.74) is 0.746. The Kier molecular flexibility index (Phi) is 5.48. The molecule has 0 aromatic carbocycles. The van der Waals surface area contributed by atoms with Gasteiger partial charge in [0.2, 0.25) is 5.91 Å². The summed E-state index contributed by atoms with van der Waals surface area (Å²) in [6.07, 6.45) is 4.33. The van der Waals surface area contributed by atoms with Gasteiger partial charge in [-0.1, -0.05) is 6.07 Å². The lowest BCUT2D eigenvalue weighted by Crippen LogP contribution is -2.42. The van der Waals surface area contributed by atoms with Gasteiger partial charge in [-0.25, -0.2) is 0 Å². The van der Waals surface area contributed by atoms with Crippen LogP contribution in [-0.2, 0) is 20.8 Å². The molecular formula is C18H27N3O3. The van der Waals surface area contributed by atoms with E-state index in [4.69, 9.17) is 9.47 Å². The number of methoxy groups -OCH3 is 1. The lowest BCUT2D eigenvalue weighted by atomic mass is 9.96. The highest BCUT2D eigenvalue weighted by molar-refractivity contribution is 5.77. The average molecular weight is 333 g/mol. The van der Waals surface area contributed by atoms with Gasteiger partial charge in [0.15, 0.2) is 0 Å². The van der Waals surface area contributed by atoms with Crippen LogP contribution in [0.25, 0.3) is 0 Å². The summed E-state index contributed by atoms with van der Waals surface area (Å²) in [5, 5.41) is 0. The fourth-order valence-electron chi connectivity index (χ4n) is 3.72. The zero-order chi connectivity index (χ0) is 17.0. The van der Waals surface area contributed by atoms with E-state index in [2.05, 4.69) is 9.88 Å². The summed E-state index contributed by atoms with van der Waals surface area (Å²) in [6, 6.07) is 5.90. The Hall–Kier alpha value is -1.50. The summed E-state index contributed by atoms with van der Waals surface area (Å²) < 4.78 is 11.5. The van der Waals surface area contributed by atoms with Crippen LogP contribution in [-0.4, -0.2) is 72.8 Å². The van der Waals surface area contributed by atoms with Crippen LogP contribution < -0.4 is 0 Å². The zero-order valence-corrected chi connectivity index (χ0v) is 14.6. The lowest BCUT2D eigenvalue weighted by Gasteiger charge is -2.27. The van der Waals surface area contributed by atoms with E-state index in [-0.39, 0.29) is 17.6 Å². The van der Waals surface area contributed by atoms with Crippen molar-refractivity contribution in [2.75, 3.05) is 40.4 Å². The van der Waals surface area contributed by atoms with E-state index in [1.54, 1.807) is 13.3 Å². The van der Waals surface area contributed by atoms with Crippen LogP contribution >= 0.6 is 0 Å². The van der Waals surface area contributed by atoms with Crippen LogP contribution in [0.5, 0.6) is 0 Å². The molecule has 2 aliphatic heterocycles. The molecule has 2 saturated heterocycles. The van der Waals surface area contributed by atoms with Gasteiger partial charge in [-0.15, -0.1) is 0 Å². The van der Waals surface area contributed by atoms with Gasteiger partial charge in [0, 0.05) is 46.0 Å². The standard InChI is InChI=1S/C18H27N3O3/c1-20(12-15-6-3-4-9-19-15)10-7-17(22)21-13-16(23-2)18(14-21)8-5-11-24-18/h3-4,6,9,16H,5,7-8,10-14H2,1-2H3/t16-,18-/m0/s1. The van der Waals surface area contributed by atoms with Crippen molar-refractivity contribution < 1.29 is 14.3 Å². The SMILES string of the molecule is CO[C@H]1CN(C(=O)CCN(C)Cc2ccccn2)C[C@@]12CCCO2. The molecule has 1 aromatic heterocycles. The smallest absolute Gasteiger partial charge is 0.224 e. The van der Waals surface area contributed by atoms with Gasteiger partial charge in [0.25, 0.3) is 0 Å². The van der Waals surface area contributed by atoms with E-state index in [9.17, 15) is 4.79 Å². The second-order valence-corrected chi connectivity index (χ2v) is 6.82. The Morgan fingerprint density at radius 2 is 2.42 bits per heavy atom. The molecule has 0 unspecified atom stereocenters. The number of rotatable bonds is 6. The van der Waals surface area contributed by atoms with Crippen molar-refractivity contribution >= 4 is 5.91 Å². The minimum atomic E-state index is -0.274. The Morgan fingerprint density at radius 1 is 1.54 bits per heavy atom. The van der Waals surface area contributed by atoms with E-state index in [1.165, 1.54) is 0 Å². The Labute approximate surface area is 143 Å². The lowest BCUT2D eigenvalue weighted by molar-refractivity contribution is -0.131. The minimum absolute atomic E-state index is 0.00445. The fraction of sp³-hybridized carbons (Fsp3) is 0.667. The van der Waals surface area contributed by atoms with Crippen LogP contribution in [0.2, 0.25) is 0 Å². The van der Waals surface area contributed by atoms with Crippen molar-refractivity contribution in [3.05, 3.63) is 30.1 Å². The minimum Gasteiger partial charge on any atom is -0.377 e. The number of ether oxygens (including phenoxy) is 2. The monoisotopic (exact) mass is 333 g/mol. The molecule has 6 nitrogen and oxygen atoms in total. The van der Waals surface area contributed by atoms with Crippen LogP contribution in [0, 0.1) is 0 Å². The molecule has 0 N–H and O–H groups in total. The maximum Gasteiger partial charge on any atom is 0.224 e. The van der Waals surface area contributed by atoms with Crippen LogP contribution in [0.4, 0.5) is 0 Å². The number of carbonyl (C=O) groups is 1. The van der Waals surface area contributed by atoms with Crippen LogP contribution in [0.1, 0.15) is 25.0 Å². The quantitative estimate of drug-likeness (QED) is 0.786. The van der Waals surface area contributed by atoms with Crippen molar-refractivity contribution in [3.8, 4) is 0 Å². The average Bonchev–Trinajstić information content (AvgIpc) is 3.21. The van der Waals surface area contributed by atoms with Gasteiger partial charge in [0.05, 0.1) is 12.2 Å². The zero-order valence-electron chi connectivity index (χ0n) is 14.6. The Morgan fingerprint density at radius 3 is 3.08 bits per heavy atom. The number of likely N-dealkylation sites (tertiary alicyclic amines) is 1. The number of pyridine rings is 1. The molecule has 2 aliphatic rings. The van der Waals surface area contributed by atoms with Crippen molar-refractivity contribution in [3.63, 3.8) is 0 Å². The van der Waals surface area contributed by atoms with E-state index >= 15 is 0 Å². The maximum absolute atomic E-state index is 12.6. The molecule has 132 valence electrons. The molecule has 2 atom stereocenters. The molecule has 24 heavy (non-hydrogen) atoms. The number of carbonyl (C=O) groups excluding carboxylic acids is 1. The molecule has 1 spiro atoms. The first-order chi connectivity index (χ1) is 11.6. The molecule has 0 saturated carbocycles. The van der Waals surface area contributed by atoms with E-state index in [0.717, 1.165) is 38.2 Å². The van der Waals surface area contributed by atoms with Crippen molar-refractivity contribution in [1.82, 2.24) is 14.8 Å². The van der Waals surface area contributed by atoms with Crippen LogP contribution in [0.3, 0.4) is 0 Å². The van der Waals surface area contributed by atoms with E-state index in [1.807, 2.05) is 30.1 Å².